The molecular weight excluding hydrogens is 248 g/mol. The third kappa shape index (κ3) is 1.39. The van der Waals surface area contributed by atoms with Crippen molar-refractivity contribution in [1.29, 1.82) is 0 Å². The van der Waals surface area contributed by atoms with Crippen LogP contribution in [0.3, 0.4) is 0 Å². The number of rotatable bonds is 0. The summed E-state index contributed by atoms with van der Waals surface area (Å²) in [6.07, 6.45) is 0.929. The van der Waals surface area contributed by atoms with E-state index in [4.69, 9.17) is 9.47 Å². The maximum atomic E-state index is 6.21. The van der Waals surface area contributed by atoms with Crippen molar-refractivity contribution in [2.45, 2.75) is 26.1 Å². The summed E-state index contributed by atoms with van der Waals surface area (Å²) in [7, 11) is 0. The zero-order valence-electron chi connectivity index (χ0n) is 11.6. The fourth-order valence-corrected chi connectivity index (χ4v) is 3.16. The van der Waals surface area contributed by atoms with Crippen LogP contribution in [0.4, 0.5) is 0 Å². The van der Waals surface area contributed by atoms with Gasteiger partial charge in [-0.3, -0.25) is 0 Å². The fourth-order valence-electron chi connectivity index (χ4n) is 3.16. The molecule has 2 heteroatoms. The molecule has 2 aliphatic rings. The molecule has 1 aliphatic carbocycles. The van der Waals surface area contributed by atoms with Gasteiger partial charge >= 0.3 is 5.79 Å². The van der Waals surface area contributed by atoms with Gasteiger partial charge in [0.1, 0.15) is 11.5 Å². The van der Waals surface area contributed by atoms with Crippen molar-refractivity contribution in [3.05, 3.63) is 82.3 Å². The fraction of sp³-hybridized carbons (Fsp3) is 0.222. The molecule has 2 aromatic carbocycles. The molecule has 0 bridgehead atoms. The molecule has 1 aliphatic heterocycles. The lowest BCUT2D eigenvalue weighted by atomic mass is 9.81. The summed E-state index contributed by atoms with van der Waals surface area (Å²) in [5.74, 6) is 0.924. The molecule has 2 nitrogen and oxygen atoms in total. The van der Waals surface area contributed by atoms with E-state index in [0.29, 0.717) is 0 Å². The molecule has 2 aromatic rings. The molecule has 0 unspecified atom stereocenters. The van der Waals surface area contributed by atoms with Gasteiger partial charge in [0.05, 0.1) is 0 Å². The molecule has 0 atom stereocenters. The molecule has 4 rings (SSSR count). The highest BCUT2D eigenvalue weighted by atomic mass is 16.7. The van der Waals surface area contributed by atoms with Crippen molar-refractivity contribution < 1.29 is 9.47 Å². The van der Waals surface area contributed by atoms with Crippen molar-refractivity contribution in [1.82, 2.24) is 0 Å². The van der Waals surface area contributed by atoms with Crippen LogP contribution in [0.2, 0.25) is 0 Å². The van der Waals surface area contributed by atoms with Gasteiger partial charge in [-0.15, -0.1) is 0 Å². The SMILES string of the molecule is CC1=C(C)OC2(O1)c1ccccc1Cc1ccccc12. The van der Waals surface area contributed by atoms with Gasteiger partial charge in [0.2, 0.25) is 0 Å². The summed E-state index contributed by atoms with van der Waals surface area (Å²) in [5.41, 5.74) is 4.78. The van der Waals surface area contributed by atoms with Crippen LogP contribution in [-0.2, 0) is 21.7 Å². The average Bonchev–Trinajstić information content (AvgIpc) is 2.76. The minimum absolute atomic E-state index is 0.792. The molecule has 0 aromatic heterocycles. The minimum Gasteiger partial charge on any atom is -0.445 e. The van der Waals surface area contributed by atoms with Crippen LogP contribution in [0.25, 0.3) is 0 Å². The first-order valence-corrected chi connectivity index (χ1v) is 6.93. The van der Waals surface area contributed by atoms with E-state index < -0.39 is 5.79 Å². The first kappa shape index (κ1) is 11.6. The van der Waals surface area contributed by atoms with E-state index in [0.717, 1.165) is 29.1 Å². The topological polar surface area (TPSA) is 18.5 Å². The molecule has 0 radical (unpaired) electrons. The Labute approximate surface area is 118 Å². The summed E-state index contributed by atoms with van der Waals surface area (Å²) >= 11 is 0. The summed E-state index contributed by atoms with van der Waals surface area (Å²) in [5, 5.41) is 0. The van der Waals surface area contributed by atoms with Crippen molar-refractivity contribution in [2.75, 3.05) is 0 Å². The van der Waals surface area contributed by atoms with Crippen LogP contribution in [0, 0.1) is 0 Å². The van der Waals surface area contributed by atoms with E-state index in [1.54, 1.807) is 0 Å². The Morgan fingerprint density at radius 3 is 1.70 bits per heavy atom. The maximum Gasteiger partial charge on any atom is 0.305 e. The Hall–Kier alpha value is -2.22. The van der Waals surface area contributed by atoms with E-state index >= 15 is 0 Å². The molecule has 0 saturated carbocycles. The zero-order chi connectivity index (χ0) is 13.7. The first-order chi connectivity index (χ1) is 9.71. The Morgan fingerprint density at radius 2 is 1.20 bits per heavy atom. The number of allylic oxidation sites excluding steroid dienone is 2. The highest BCUT2D eigenvalue weighted by molar-refractivity contribution is 5.51. The second-order valence-corrected chi connectivity index (χ2v) is 5.42. The molecule has 1 spiro atoms. The maximum absolute atomic E-state index is 6.21. The van der Waals surface area contributed by atoms with Crippen molar-refractivity contribution in [2.24, 2.45) is 0 Å². The van der Waals surface area contributed by atoms with Crippen LogP contribution >= 0.6 is 0 Å². The van der Waals surface area contributed by atoms with E-state index in [-0.39, 0.29) is 0 Å². The van der Waals surface area contributed by atoms with Gasteiger partial charge < -0.3 is 9.47 Å². The molecule has 0 N–H and O–H groups in total. The zero-order valence-corrected chi connectivity index (χ0v) is 11.6. The van der Waals surface area contributed by atoms with Gasteiger partial charge in [-0.2, -0.15) is 0 Å². The monoisotopic (exact) mass is 264 g/mol. The number of hydrogen-bond acceptors (Lipinski definition) is 2. The molecule has 0 fully saturated rings. The highest BCUT2D eigenvalue weighted by Crippen LogP contribution is 2.49. The predicted octanol–water partition coefficient (Wildman–Crippen LogP) is 4.09. The Bertz CT molecular complexity index is 666. The van der Waals surface area contributed by atoms with Crippen LogP contribution < -0.4 is 0 Å². The standard InChI is InChI=1S/C18H16O2/c1-12-13(2)20-18(19-12)16-9-5-3-7-14(16)11-15-8-4-6-10-17(15)18/h3-10H,11H2,1-2H3. The van der Waals surface area contributed by atoms with Gasteiger partial charge in [0.15, 0.2) is 0 Å². The lowest BCUT2D eigenvalue weighted by Crippen LogP contribution is -2.35. The van der Waals surface area contributed by atoms with Gasteiger partial charge in [-0.1, -0.05) is 48.5 Å². The average molecular weight is 264 g/mol. The second-order valence-electron chi connectivity index (χ2n) is 5.42. The summed E-state index contributed by atoms with van der Waals surface area (Å²) in [4.78, 5) is 0. The second kappa shape index (κ2) is 3.89. The van der Waals surface area contributed by atoms with Gasteiger partial charge in [-0.05, 0) is 31.4 Å². The minimum atomic E-state index is -0.792. The largest absolute Gasteiger partial charge is 0.445 e. The molecule has 100 valence electrons. The molecule has 0 saturated heterocycles. The van der Waals surface area contributed by atoms with Crippen LogP contribution in [-0.4, -0.2) is 0 Å². The summed E-state index contributed by atoms with van der Waals surface area (Å²) < 4.78 is 12.4. The van der Waals surface area contributed by atoms with Crippen molar-refractivity contribution in [3.63, 3.8) is 0 Å². The quantitative estimate of drug-likeness (QED) is 0.713. The third-order valence-corrected chi connectivity index (χ3v) is 4.21. The lowest BCUT2D eigenvalue weighted by Gasteiger charge is -2.36. The molecule has 1 heterocycles. The smallest absolute Gasteiger partial charge is 0.305 e. The van der Waals surface area contributed by atoms with Crippen molar-refractivity contribution in [3.8, 4) is 0 Å². The molecule has 0 amide bonds. The summed E-state index contributed by atoms with van der Waals surface area (Å²) in [6, 6.07) is 16.8. The predicted molar refractivity (Wildman–Crippen MR) is 77.0 cm³/mol. The van der Waals surface area contributed by atoms with Crippen LogP contribution in [0.5, 0.6) is 0 Å². The third-order valence-electron chi connectivity index (χ3n) is 4.21. The Kier molecular flexibility index (Phi) is 2.25. The Balaban J connectivity index is 1.99. The van der Waals surface area contributed by atoms with Crippen LogP contribution in [0.1, 0.15) is 36.1 Å². The number of hydrogen-bond donors (Lipinski definition) is 0. The van der Waals surface area contributed by atoms with E-state index in [1.807, 2.05) is 26.0 Å². The van der Waals surface area contributed by atoms with Gasteiger partial charge in [0.25, 0.3) is 0 Å². The normalized spacial score (nSPS) is 18.3. The number of fused-ring (bicyclic) bond motifs is 4. The van der Waals surface area contributed by atoms with Gasteiger partial charge in [0, 0.05) is 11.1 Å². The lowest BCUT2D eigenvalue weighted by molar-refractivity contribution is -0.128. The number of ether oxygens (including phenoxy) is 2. The Morgan fingerprint density at radius 1 is 0.750 bits per heavy atom. The first-order valence-electron chi connectivity index (χ1n) is 6.93. The van der Waals surface area contributed by atoms with Gasteiger partial charge in [-0.25, -0.2) is 0 Å². The van der Waals surface area contributed by atoms with E-state index in [9.17, 15) is 0 Å². The van der Waals surface area contributed by atoms with E-state index in [1.165, 1.54) is 11.1 Å². The highest BCUT2D eigenvalue weighted by Gasteiger charge is 2.48. The summed E-state index contributed by atoms with van der Waals surface area (Å²) in [6.45, 7) is 3.92. The van der Waals surface area contributed by atoms with Crippen molar-refractivity contribution >= 4 is 0 Å². The molecule has 20 heavy (non-hydrogen) atoms. The molecular formula is C18H16O2. The van der Waals surface area contributed by atoms with Crippen LogP contribution in [0.15, 0.2) is 60.0 Å². The van der Waals surface area contributed by atoms with E-state index in [2.05, 4.69) is 36.4 Å². The number of benzene rings is 2.